The fourth-order valence-corrected chi connectivity index (χ4v) is 2.17. The summed E-state index contributed by atoms with van der Waals surface area (Å²) in [6, 6.07) is 5.70. The van der Waals surface area contributed by atoms with Gasteiger partial charge in [-0.05, 0) is 24.7 Å². The van der Waals surface area contributed by atoms with Crippen LogP contribution in [0.2, 0.25) is 0 Å². The molecule has 0 saturated heterocycles. The van der Waals surface area contributed by atoms with Gasteiger partial charge in [-0.3, -0.25) is 9.67 Å². The highest BCUT2D eigenvalue weighted by atomic mass is 16.4. The van der Waals surface area contributed by atoms with Crippen LogP contribution in [-0.4, -0.2) is 21.8 Å². The van der Waals surface area contributed by atoms with E-state index in [4.69, 9.17) is 4.42 Å². The molecule has 0 unspecified atom stereocenters. The second-order valence-corrected chi connectivity index (χ2v) is 4.40. The minimum atomic E-state index is -0.352. The smallest absolute Gasteiger partial charge is 0.408 e. The minimum absolute atomic E-state index is 0.352. The van der Waals surface area contributed by atoms with Crippen LogP contribution in [0.5, 0.6) is 0 Å². The highest BCUT2D eigenvalue weighted by Gasteiger charge is 2.11. The maximum atomic E-state index is 11.5. The molecule has 0 spiro atoms. The van der Waals surface area contributed by atoms with Crippen molar-refractivity contribution in [2.75, 3.05) is 7.05 Å². The van der Waals surface area contributed by atoms with Gasteiger partial charge >= 0.3 is 5.76 Å². The summed E-state index contributed by atoms with van der Waals surface area (Å²) in [7, 11) is 3.57. The zero-order chi connectivity index (χ0) is 13.4. The van der Waals surface area contributed by atoms with Gasteiger partial charge in [0.1, 0.15) is 0 Å². The van der Waals surface area contributed by atoms with E-state index >= 15 is 0 Å². The molecule has 2 N–H and O–H groups in total. The molecule has 0 fully saturated rings. The molecule has 0 aliphatic carbocycles. The van der Waals surface area contributed by atoms with Gasteiger partial charge in [-0.15, -0.1) is 0 Å². The molecule has 0 aliphatic heterocycles. The number of hydrogen-bond acceptors (Lipinski definition) is 4. The summed E-state index contributed by atoms with van der Waals surface area (Å²) in [6.45, 7) is 0.701. The molecule has 0 radical (unpaired) electrons. The molecule has 6 nitrogen and oxygen atoms in total. The molecule has 0 bridgehead atoms. The first-order valence-corrected chi connectivity index (χ1v) is 5.97. The maximum absolute atomic E-state index is 11.5. The fraction of sp³-hybridized carbons (Fsp3) is 0.231. The van der Waals surface area contributed by atoms with Gasteiger partial charge in [0.2, 0.25) is 0 Å². The number of oxazole rings is 1. The molecule has 6 heteroatoms. The number of H-pyrrole nitrogens is 1. The number of fused-ring (bicyclic) bond motifs is 1. The second kappa shape index (κ2) is 4.40. The molecule has 3 aromatic rings. The van der Waals surface area contributed by atoms with E-state index in [0.717, 1.165) is 22.3 Å². The Morgan fingerprint density at radius 1 is 1.47 bits per heavy atom. The van der Waals surface area contributed by atoms with Crippen LogP contribution in [0.25, 0.3) is 22.2 Å². The number of aromatic nitrogens is 3. The number of benzene rings is 1. The van der Waals surface area contributed by atoms with E-state index in [-0.39, 0.29) is 5.76 Å². The Morgan fingerprint density at radius 3 is 3.11 bits per heavy atom. The number of nitrogens with one attached hydrogen (secondary N) is 2. The minimum Gasteiger partial charge on any atom is -0.408 e. The SMILES string of the molecule is CNCc1[nH]ncc1-c1ccc2c(c1)oc(=O)n2C. The number of aromatic amines is 1. The van der Waals surface area contributed by atoms with Gasteiger partial charge < -0.3 is 9.73 Å². The van der Waals surface area contributed by atoms with E-state index in [1.165, 1.54) is 4.57 Å². The average Bonchev–Trinajstić information content (AvgIpc) is 2.96. The van der Waals surface area contributed by atoms with E-state index in [2.05, 4.69) is 15.5 Å². The van der Waals surface area contributed by atoms with E-state index in [9.17, 15) is 4.79 Å². The third-order valence-corrected chi connectivity index (χ3v) is 3.18. The zero-order valence-corrected chi connectivity index (χ0v) is 10.7. The summed E-state index contributed by atoms with van der Waals surface area (Å²) in [4.78, 5) is 11.5. The largest absolute Gasteiger partial charge is 0.419 e. The molecular weight excluding hydrogens is 244 g/mol. The Hall–Kier alpha value is -2.34. The molecule has 0 atom stereocenters. The van der Waals surface area contributed by atoms with Gasteiger partial charge in [-0.1, -0.05) is 6.07 Å². The summed E-state index contributed by atoms with van der Waals surface area (Å²) in [5, 5.41) is 10.1. The number of nitrogens with zero attached hydrogens (tertiary/aromatic N) is 2. The van der Waals surface area contributed by atoms with Crippen molar-refractivity contribution >= 4 is 11.1 Å². The molecule has 0 aliphatic rings. The van der Waals surface area contributed by atoms with Crippen LogP contribution >= 0.6 is 0 Å². The summed E-state index contributed by atoms with van der Waals surface area (Å²) < 4.78 is 6.69. The third-order valence-electron chi connectivity index (χ3n) is 3.18. The molecule has 3 rings (SSSR count). The van der Waals surface area contributed by atoms with Crippen LogP contribution in [-0.2, 0) is 13.6 Å². The predicted molar refractivity (Wildman–Crippen MR) is 71.8 cm³/mol. The van der Waals surface area contributed by atoms with Gasteiger partial charge in [-0.25, -0.2) is 4.79 Å². The van der Waals surface area contributed by atoms with Crippen LogP contribution < -0.4 is 11.1 Å². The van der Waals surface area contributed by atoms with Crippen LogP contribution in [0.15, 0.2) is 33.6 Å². The summed E-state index contributed by atoms with van der Waals surface area (Å²) in [6.07, 6.45) is 1.77. The standard InChI is InChI=1S/C13H14N4O2/c1-14-7-10-9(6-15-16-10)8-3-4-11-12(5-8)19-13(18)17(11)2/h3-6,14H,7H2,1-2H3,(H,15,16). The Labute approximate surface area is 109 Å². The van der Waals surface area contributed by atoms with E-state index in [1.54, 1.807) is 13.2 Å². The molecule has 0 amide bonds. The number of rotatable bonds is 3. The highest BCUT2D eigenvalue weighted by molar-refractivity contribution is 5.80. The molecular formula is C13H14N4O2. The molecule has 1 aromatic carbocycles. The summed E-state index contributed by atoms with van der Waals surface area (Å²) >= 11 is 0. The van der Waals surface area contributed by atoms with Crippen molar-refractivity contribution in [3.05, 3.63) is 40.6 Å². The predicted octanol–water partition coefficient (Wildman–Crippen LogP) is 1.24. The fourth-order valence-electron chi connectivity index (χ4n) is 2.17. The third kappa shape index (κ3) is 1.86. The molecule has 19 heavy (non-hydrogen) atoms. The second-order valence-electron chi connectivity index (χ2n) is 4.40. The monoisotopic (exact) mass is 258 g/mol. The van der Waals surface area contributed by atoms with Gasteiger partial charge in [0.15, 0.2) is 5.58 Å². The van der Waals surface area contributed by atoms with Crippen molar-refractivity contribution in [1.82, 2.24) is 20.1 Å². The number of hydrogen-bond donors (Lipinski definition) is 2. The lowest BCUT2D eigenvalue weighted by atomic mass is 10.1. The lowest BCUT2D eigenvalue weighted by Crippen LogP contribution is -2.08. The lowest BCUT2D eigenvalue weighted by molar-refractivity contribution is 0.528. The Kier molecular flexibility index (Phi) is 2.72. The van der Waals surface area contributed by atoms with Gasteiger partial charge in [0, 0.05) is 19.2 Å². The van der Waals surface area contributed by atoms with Crippen LogP contribution in [0.1, 0.15) is 5.69 Å². The molecule has 98 valence electrons. The van der Waals surface area contributed by atoms with Crippen molar-refractivity contribution in [3.63, 3.8) is 0 Å². The van der Waals surface area contributed by atoms with Crippen LogP contribution in [0, 0.1) is 0 Å². The quantitative estimate of drug-likeness (QED) is 0.741. The first kappa shape index (κ1) is 11.7. The van der Waals surface area contributed by atoms with Crippen molar-refractivity contribution < 1.29 is 4.42 Å². The molecule has 2 aromatic heterocycles. The topological polar surface area (TPSA) is 75.8 Å². The zero-order valence-electron chi connectivity index (χ0n) is 10.7. The van der Waals surface area contributed by atoms with Crippen LogP contribution in [0.3, 0.4) is 0 Å². The molecule has 0 saturated carbocycles. The summed E-state index contributed by atoms with van der Waals surface area (Å²) in [5.74, 6) is -0.352. The average molecular weight is 258 g/mol. The van der Waals surface area contributed by atoms with Gasteiger partial charge in [0.25, 0.3) is 0 Å². The van der Waals surface area contributed by atoms with E-state index in [0.29, 0.717) is 12.1 Å². The first-order valence-electron chi connectivity index (χ1n) is 5.97. The van der Waals surface area contributed by atoms with Crippen LogP contribution in [0.4, 0.5) is 0 Å². The van der Waals surface area contributed by atoms with E-state index < -0.39 is 0 Å². The number of aryl methyl sites for hydroxylation is 1. The normalized spacial score (nSPS) is 11.3. The summed E-state index contributed by atoms with van der Waals surface area (Å²) in [5.41, 5.74) is 4.35. The van der Waals surface area contributed by atoms with Crippen molar-refractivity contribution in [2.24, 2.45) is 7.05 Å². The Balaban J connectivity index is 2.15. The van der Waals surface area contributed by atoms with Crippen molar-refractivity contribution in [3.8, 4) is 11.1 Å². The van der Waals surface area contributed by atoms with Gasteiger partial charge in [0.05, 0.1) is 17.4 Å². The lowest BCUT2D eigenvalue weighted by Gasteiger charge is -2.02. The maximum Gasteiger partial charge on any atom is 0.419 e. The Morgan fingerprint density at radius 2 is 2.32 bits per heavy atom. The first-order chi connectivity index (χ1) is 9.20. The van der Waals surface area contributed by atoms with E-state index in [1.807, 2.05) is 25.2 Å². The van der Waals surface area contributed by atoms with Gasteiger partial charge in [-0.2, -0.15) is 5.10 Å². The molecule has 2 heterocycles. The van der Waals surface area contributed by atoms with Crippen molar-refractivity contribution in [1.29, 1.82) is 0 Å². The highest BCUT2D eigenvalue weighted by Crippen LogP contribution is 2.25. The Bertz CT molecular complexity index is 781. The van der Waals surface area contributed by atoms with Crippen molar-refractivity contribution in [2.45, 2.75) is 6.54 Å².